The van der Waals surface area contributed by atoms with Gasteiger partial charge in [0.15, 0.2) is 6.29 Å². The summed E-state index contributed by atoms with van der Waals surface area (Å²) in [7, 11) is 1.66. The van der Waals surface area contributed by atoms with E-state index in [9.17, 15) is 10.2 Å². The van der Waals surface area contributed by atoms with Gasteiger partial charge in [0.2, 0.25) is 0 Å². The van der Waals surface area contributed by atoms with Crippen LogP contribution in [-0.4, -0.2) is 53.0 Å². The SMILES string of the molecule is CNC1[C@H](C)O[C@@H](O)[C@@H](O)[C@H]1O. The van der Waals surface area contributed by atoms with Gasteiger partial charge in [0.05, 0.1) is 12.1 Å². The Balaban J connectivity index is 2.65. The lowest BCUT2D eigenvalue weighted by Gasteiger charge is -2.39. The summed E-state index contributed by atoms with van der Waals surface area (Å²) in [5, 5.41) is 30.5. The van der Waals surface area contributed by atoms with Crippen molar-refractivity contribution in [3.05, 3.63) is 0 Å². The normalized spacial score (nSPS) is 49.2. The zero-order valence-electron chi connectivity index (χ0n) is 7.14. The Bertz CT molecular complexity index is 154. The summed E-state index contributed by atoms with van der Waals surface area (Å²) in [4.78, 5) is 0. The third-order valence-corrected chi connectivity index (χ3v) is 2.20. The van der Waals surface area contributed by atoms with Gasteiger partial charge in [-0.05, 0) is 14.0 Å². The van der Waals surface area contributed by atoms with E-state index in [2.05, 4.69) is 5.32 Å². The smallest absolute Gasteiger partial charge is 0.183 e. The summed E-state index contributed by atoms with van der Waals surface area (Å²) in [6, 6.07) is -0.344. The fraction of sp³-hybridized carbons (Fsp3) is 1.00. The molecule has 0 spiro atoms. The predicted octanol–water partition coefficient (Wildman–Crippen LogP) is -1.97. The molecule has 1 aliphatic rings. The Morgan fingerprint density at radius 3 is 2.25 bits per heavy atom. The first-order chi connectivity index (χ1) is 5.57. The Morgan fingerprint density at radius 2 is 1.75 bits per heavy atom. The van der Waals surface area contributed by atoms with Gasteiger partial charge in [-0.2, -0.15) is 0 Å². The second-order valence-electron chi connectivity index (χ2n) is 3.03. The number of aliphatic hydroxyl groups excluding tert-OH is 3. The third kappa shape index (κ3) is 1.60. The molecule has 0 bridgehead atoms. The summed E-state index contributed by atoms with van der Waals surface area (Å²) in [6.07, 6.45) is -3.84. The monoisotopic (exact) mass is 177 g/mol. The Labute approximate surface area is 71.0 Å². The number of rotatable bonds is 1. The van der Waals surface area contributed by atoms with E-state index in [4.69, 9.17) is 9.84 Å². The first-order valence-electron chi connectivity index (χ1n) is 3.95. The van der Waals surface area contributed by atoms with Crippen molar-refractivity contribution in [2.45, 2.75) is 37.6 Å². The van der Waals surface area contributed by atoms with Gasteiger partial charge in [0, 0.05) is 0 Å². The van der Waals surface area contributed by atoms with E-state index in [-0.39, 0.29) is 12.1 Å². The second kappa shape index (κ2) is 3.68. The van der Waals surface area contributed by atoms with Gasteiger partial charge >= 0.3 is 0 Å². The Kier molecular flexibility index (Phi) is 3.03. The standard InChI is InChI=1S/C7H15NO4/c1-3-4(8-2)5(9)6(10)7(11)12-3/h3-11H,1-2H3/t3-,4?,5-,6-,7+/m0/s1. The van der Waals surface area contributed by atoms with Crippen molar-refractivity contribution in [1.29, 1.82) is 0 Å². The van der Waals surface area contributed by atoms with E-state index in [1.54, 1.807) is 14.0 Å². The first-order valence-corrected chi connectivity index (χ1v) is 3.95. The average Bonchev–Trinajstić information content (AvgIpc) is 2.01. The number of ether oxygens (including phenoxy) is 1. The van der Waals surface area contributed by atoms with Crippen LogP contribution in [-0.2, 0) is 4.74 Å². The highest BCUT2D eigenvalue weighted by Crippen LogP contribution is 2.18. The highest BCUT2D eigenvalue weighted by molar-refractivity contribution is 4.90. The molecule has 0 amide bonds. The van der Waals surface area contributed by atoms with E-state index in [0.29, 0.717) is 0 Å². The minimum Gasteiger partial charge on any atom is -0.388 e. The molecule has 12 heavy (non-hydrogen) atoms. The van der Waals surface area contributed by atoms with Crippen molar-refractivity contribution < 1.29 is 20.1 Å². The Hall–Kier alpha value is -0.200. The molecule has 5 atom stereocenters. The molecule has 0 aromatic carbocycles. The fourth-order valence-corrected chi connectivity index (χ4v) is 1.45. The topological polar surface area (TPSA) is 82.0 Å². The van der Waals surface area contributed by atoms with Gasteiger partial charge in [-0.1, -0.05) is 0 Å². The van der Waals surface area contributed by atoms with Crippen molar-refractivity contribution in [1.82, 2.24) is 5.32 Å². The van der Waals surface area contributed by atoms with E-state index in [0.717, 1.165) is 0 Å². The molecule has 72 valence electrons. The van der Waals surface area contributed by atoms with Crippen molar-refractivity contribution in [2.24, 2.45) is 0 Å². The third-order valence-electron chi connectivity index (χ3n) is 2.20. The van der Waals surface area contributed by atoms with Crippen molar-refractivity contribution in [3.8, 4) is 0 Å². The van der Waals surface area contributed by atoms with Crippen molar-refractivity contribution in [2.75, 3.05) is 7.05 Å². The molecule has 4 N–H and O–H groups in total. The minimum atomic E-state index is -1.29. The van der Waals surface area contributed by atoms with Gasteiger partial charge in [0.1, 0.15) is 12.2 Å². The van der Waals surface area contributed by atoms with Gasteiger partial charge in [-0.15, -0.1) is 0 Å². The molecule has 1 heterocycles. The van der Waals surface area contributed by atoms with Crippen LogP contribution in [0.3, 0.4) is 0 Å². The lowest BCUT2D eigenvalue weighted by Crippen LogP contribution is -2.60. The van der Waals surface area contributed by atoms with Crippen LogP contribution in [0.1, 0.15) is 6.92 Å². The number of aliphatic hydroxyl groups is 3. The molecular formula is C7H15NO4. The molecule has 1 unspecified atom stereocenters. The highest BCUT2D eigenvalue weighted by Gasteiger charge is 2.40. The molecule has 1 fully saturated rings. The number of likely N-dealkylation sites (N-methyl/N-ethyl adjacent to an activating group) is 1. The van der Waals surface area contributed by atoms with Gasteiger partial charge < -0.3 is 25.4 Å². The molecule has 1 rings (SSSR count). The minimum absolute atomic E-state index is 0.316. The highest BCUT2D eigenvalue weighted by atomic mass is 16.6. The van der Waals surface area contributed by atoms with E-state index in [1.165, 1.54) is 0 Å². The van der Waals surface area contributed by atoms with Crippen LogP contribution in [0.25, 0.3) is 0 Å². The molecule has 0 radical (unpaired) electrons. The van der Waals surface area contributed by atoms with Crippen LogP contribution < -0.4 is 5.32 Å². The summed E-state index contributed by atoms with van der Waals surface area (Å²) in [5.41, 5.74) is 0. The Morgan fingerprint density at radius 1 is 1.17 bits per heavy atom. The zero-order chi connectivity index (χ0) is 9.30. The molecule has 5 heteroatoms. The maximum Gasteiger partial charge on any atom is 0.183 e. The van der Waals surface area contributed by atoms with Gasteiger partial charge in [0.25, 0.3) is 0 Å². The molecule has 0 aliphatic carbocycles. The maximum atomic E-state index is 9.43. The number of hydrogen-bond acceptors (Lipinski definition) is 5. The summed E-state index contributed by atoms with van der Waals surface area (Å²) in [5.74, 6) is 0. The summed E-state index contributed by atoms with van der Waals surface area (Å²) < 4.78 is 4.96. The lowest BCUT2D eigenvalue weighted by molar-refractivity contribution is -0.252. The van der Waals surface area contributed by atoms with Crippen LogP contribution in [0.4, 0.5) is 0 Å². The van der Waals surface area contributed by atoms with Crippen LogP contribution in [0.5, 0.6) is 0 Å². The van der Waals surface area contributed by atoms with E-state index in [1.807, 2.05) is 0 Å². The fourth-order valence-electron chi connectivity index (χ4n) is 1.45. The van der Waals surface area contributed by atoms with E-state index < -0.39 is 18.5 Å². The molecule has 0 aromatic rings. The quantitative estimate of drug-likeness (QED) is 0.373. The first kappa shape index (κ1) is 9.88. The van der Waals surface area contributed by atoms with Crippen LogP contribution >= 0.6 is 0 Å². The average molecular weight is 177 g/mol. The molecule has 5 nitrogen and oxygen atoms in total. The van der Waals surface area contributed by atoms with Crippen molar-refractivity contribution in [3.63, 3.8) is 0 Å². The maximum absolute atomic E-state index is 9.43. The van der Waals surface area contributed by atoms with Crippen LogP contribution in [0.15, 0.2) is 0 Å². The largest absolute Gasteiger partial charge is 0.388 e. The van der Waals surface area contributed by atoms with Gasteiger partial charge in [-0.25, -0.2) is 0 Å². The second-order valence-corrected chi connectivity index (χ2v) is 3.03. The number of nitrogens with one attached hydrogen (secondary N) is 1. The molecule has 0 aromatic heterocycles. The summed E-state index contributed by atoms with van der Waals surface area (Å²) in [6.45, 7) is 1.72. The molecule has 1 aliphatic heterocycles. The number of hydrogen-bond donors (Lipinski definition) is 4. The van der Waals surface area contributed by atoms with Gasteiger partial charge in [-0.3, -0.25) is 0 Å². The predicted molar refractivity (Wildman–Crippen MR) is 41.4 cm³/mol. The van der Waals surface area contributed by atoms with Crippen molar-refractivity contribution >= 4 is 0 Å². The summed E-state index contributed by atoms with van der Waals surface area (Å²) >= 11 is 0. The van der Waals surface area contributed by atoms with Crippen LogP contribution in [0.2, 0.25) is 0 Å². The molecule has 1 saturated heterocycles. The van der Waals surface area contributed by atoms with E-state index >= 15 is 0 Å². The molecule has 0 saturated carbocycles. The lowest BCUT2D eigenvalue weighted by atomic mass is 9.97. The zero-order valence-corrected chi connectivity index (χ0v) is 7.14. The molecular weight excluding hydrogens is 162 g/mol. The van der Waals surface area contributed by atoms with Crippen LogP contribution in [0, 0.1) is 0 Å².